The Morgan fingerprint density at radius 2 is 1.43 bits per heavy atom. The van der Waals surface area contributed by atoms with E-state index < -0.39 is 11.6 Å². The van der Waals surface area contributed by atoms with Gasteiger partial charge in [-0.15, -0.1) is 0 Å². The van der Waals surface area contributed by atoms with Crippen LogP contribution in [0.25, 0.3) is 0 Å². The number of aromatic hydroxyl groups is 1. The number of aryl methyl sites for hydroxylation is 1. The van der Waals surface area contributed by atoms with Crippen molar-refractivity contribution in [2.75, 3.05) is 55.6 Å². The predicted molar refractivity (Wildman–Crippen MR) is 217 cm³/mol. The van der Waals surface area contributed by atoms with Crippen LogP contribution in [0, 0.1) is 5.92 Å². The van der Waals surface area contributed by atoms with Crippen molar-refractivity contribution in [1.29, 1.82) is 0 Å². The Kier molecular flexibility index (Phi) is 8.88. The van der Waals surface area contributed by atoms with Crippen molar-refractivity contribution >= 4 is 29.1 Å². The van der Waals surface area contributed by atoms with Crippen LogP contribution in [0.5, 0.6) is 5.75 Å². The molecule has 56 heavy (non-hydrogen) atoms. The molecule has 0 bridgehead atoms. The zero-order valence-electron chi connectivity index (χ0n) is 32.0. The molecule has 2 N–H and O–H groups in total. The van der Waals surface area contributed by atoms with Crippen LogP contribution in [0.15, 0.2) is 91.0 Å². The Labute approximate surface area is 329 Å². The van der Waals surface area contributed by atoms with Crippen molar-refractivity contribution in [3.63, 3.8) is 0 Å². The van der Waals surface area contributed by atoms with Crippen molar-refractivity contribution in [2.24, 2.45) is 5.92 Å². The van der Waals surface area contributed by atoms with E-state index >= 15 is 0 Å². The normalized spacial score (nSPS) is 25.0. The van der Waals surface area contributed by atoms with Crippen molar-refractivity contribution in [1.82, 2.24) is 15.1 Å². The second-order valence-electron chi connectivity index (χ2n) is 17.1. The van der Waals surface area contributed by atoms with Gasteiger partial charge in [-0.25, -0.2) is 0 Å². The molecule has 3 saturated heterocycles. The molecule has 9 nitrogen and oxygen atoms in total. The van der Waals surface area contributed by atoms with Crippen molar-refractivity contribution in [3.05, 3.63) is 124 Å². The summed E-state index contributed by atoms with van der Waals surface area (Å²) in [5, 5.41) is 12.7. The van der Waals surface area contributed by atoms with Crippen molar-refractivity contribution < 1.29 is 19.5 Å². The maximum Gasteiger partial charge on any atom is 0.255 e. The fourth-order valence-corrected chi connectivity index (χ4v) is 10.8. The van der Waals surface area contributed by atoms with Crippen LogP contribution in [0.2, 0.25) is 0 Å². The van der Waals surface area contributed by atoms with Crippen LogP contribution < -0.4 is 15.1 Å². The number of carbonyl (C=O) groups is 3. The zero-order valence-corrected chi connectivity index (χ0v) is 32.0. The maximum atomic E-state index is 13.6. The van der Waals surface area contributed by atoms with Gasteiger partial charge < -0.3 is 19.8 Å². The summed E-state index contributed by atoms with van der Waals surface area (Å²) >= 11 is 0. The standard InChI is InChI=1S/C47H51N5O4/c53-37-12-15-39-34(28-37)8-13-38(32-4-2-1-3-5-32)44(39)33-6-9-35(10-7-33)50-22-18-31(19-23-50)30-49-24-26-51(27-25-49)36-11-14-40-41(29-36)47(20-21-47)52(46(40)56)42-16-17-43(54)48-45(42)55/h1-7,9-12,14-15,28-29,31,38,42,44,53H,8,13,16-27,30H2,(H,48,54,55)/t38-,42?,44+/m1/s1. The number of amides is 3. The van der Waals surface area contributed by atoms with Gasteiger partial charge >= 0.3 is 0 Å². The van der Waals surface area contributed by atoms with Gasteiger partial charge in [0.2, 0.25) is 11.8 Å². The first kappa shape index (κ1) is 35.3. The molecule has 4 fully saturated rings. The molecular weight excluding hydrogens is 699 g/mol. The van der Waals surface area contributed by atoms with Gasteiger partial charge in [-0.2, -0.15) is 0 Å². The van der Waals surface area contributed by atoms with E-state index in [1.165, 1.54) is 40.8 Å². The highest BCUT2D eigenvalue weighted by Crippen LogP contribution is 2.58. The van der Waals surface area contributed by atoms with Crippen LogP contribution >= 0.6 is 0 Å². The van der Waals surface area contributed by atoms with Gasteiger partial charge in [0.15, 0.2) is 0 Å². The first-order chi connectivity index (χ1) is 27.3. The molecule has 1 spiro atoms. The Morgan fingerprint density at radius 1 is 0.696 bits per heavy atom. The van der Waals surface area contributed by atoms with Gasteiger partial charge in [0.05, 0.1) is 5.54 Å². The lowest BCUT2D eigenvalue weighted by Gasteiger charge is -2.40. The second-order valence-corrected chi connectivity index (χ2v) is 17.1. The number of hydrogen-bond acceptors (Lipinski definition) is 7. The molecule has 4 aromatic carbocycles. The van der Waals surface area contributed by atoms with Crippen LogP contribution in [0.3, 0.4) is 0 Å². The molecule has 0 radical (unpaired) electrons. The van der Waals surface area contributed by atoms with E-state index in [1.807, 2.05) is 18.2 Å². The van der Waals surface area contributed by atoms with Crippen LogP contribution in [0.4, 0.5) is 11.4 Å². The maximum absolute atomic E-state index is 13.6. The van der Waals surface area contributed by atoms with Crippen LogP contribution in [0.1, 0.15) is 95.0 Å². The number of phenols is 1. The van der Waals surface area contributed by atoms with E-state index in [1.54, 1.807) is 4.90 Å². The smallest absolute Gasteiger partial charge is 0.255 e. The van der Waals surface area contributed by atoms with E-state index in [2.05, 4.69) is 92.8 Å². The Hall–Kier alpha value is -5.15. The molecule has 4 heterocycles. The van der Waals surface area contributed by atoms with E-state index in [9.17, 15) is 19.5 Å². The SMILES string of the molecule is O=C1CCC(N2C(=O)c3ccc(N4CCN(CC5CCN(c6ccc([C@@H]7c8ccc(O)cc8CC[C@@H]7c7ccccc7)cc6)CC5)CC4)cc3C23CC3)C(=O)N1. The second kappa shape index (κ2) is 14.1. The predicted octanol–water partition coefficient (Wildman–Crippen LogP) is 6.54. The number of nitrogens with zero attached hydrogens (tertiary/aromatic N) is 4. The Morgan fingerprint density at radius 3 is 2.16 bits per heavy atom. The van der Waals surface area contributed by atoms with E-state index in [0.717, 1.165) is 82.7 Å². The molecule has 0 aromatic heterocycles. The topological polar surface area (TPSA) is 96.4 Å². The highest BCUT2D eigenvalue weighted by Gasteiger charge is 2.61. The largest absolute Gasteiger partial charge is 0.508 e. The monoisotopic (exact) mass is 749 g/mol. The van der Waals surface area contributed by atoms with Crippen LogP contribution in [-0.2, 0) is 21.5 Å². The summed E-state index contributed by atoms with van der Waals surface area (Å²) in [5.74, 6) is 1.05. The Bertz CT molecular complexity index is 2150. The van der Waals surface area contributed by atoms with Gasteiger partial charge in [0, 0.05) is 75.1 Å². The third-order valence-corrected chi connectivity index (χ3v) is 14.0. The molecule has 4 aromatic rings. The highest BCUT2D eigenvalue weighted by atomic mass is 16.3. The first-order valence-corrected chi connectivity index (χ1v) is 20.9. The molecule has 2 aliphatic carbocycles. The quantitative estimate of drug-likeness (QED) is 0.207. The average molecular weight is 750 g/mol. The molecule has 9 heteroatoms. The first-order valence-electron chi connectivity index (χ1n) is 20.9. The summed E-state index contributed by atoms with van der Waals surface area (Å²) in [7, 11) is 0. The Balaban J connectivity index is 0.744. The molecule has 1 unspecified atom stereocenters. The molecule has 6 aliphatic rings. The summed E-state index contributed by atoms with van der Waals surface area (Å²) in [5.41, 5.74) is 9.18. The lowest BCUT2D eigenvalue weighted by atomic mass is 9.69. The molecule has 1 saturated carbocycles. The summed E-state index contributed by atoms with van der Waals surface area (Å²) < 4.78 is 0. The number of phenolic OH excluding ortho intramolecular Hbond substituents is 1. The minimum atomic E-state index is -0.578. The van der Waals surface area contributed by atoms with Gasteiger partial charge in [-0.05, 0) is 127 Å². The average Bonchev–Trinajstić information content (AvgIpc) is 3.99. The van der Waals surface area contributed by atoms with Gasteiger partial charge in [-0.1, -0.05) is 48.5 Å². The molecule has 3 atom stereocenters. The summed E-state index contributed by atoms with van der Waals surface area (Å²) in [6.45, 7) is 7.26. The number of anilines is 2. The van der Waals surface area contributed by atoms with Gasteiger partial charge in [0.25, 0.3) is 5.91 Å². The minimum Gasteiger partial charge on any atom is -0.508 e. The molecular formula is C47H51N5O4. The zero-order chi connectivity index (χ0) is 38.0. The van der Waals surface area contributed by atoms with E-state index in [-0.39, 0.29) is 30.1 Å². The number of piperidine rings is 2. The van der Waals surface area contributed by atoms with Crippen molar-refractivity contribution in [3.8, 4) is 5.75 Å². The number of benzene rings is 4. The van der Waals surface area contributed by atoms with Crippen molar-refractivity contribution in [2.45, 2.75) is 74.8 Å². The number of rotatable bonds is 7. The van der Waals surface area contributed by atoms with E-state index in [4.69, 9.17) is 0 Å². The number of carbonyl (C=O) groups excluding carboxylic acids is 3. The minimum absolute atomic E-state index is 0.0726. The summed E-state index contributed by atoms with van der Waals surface area (Å²) in [4.78, 5) is 47.6. The highest BCUT2D eigenvalue weighted by molar-refractivity contribution is 6.07. The number of imide groups is 1. The number of nitrogens with one attached hydrogen (secondary N) is 1. The fourth-order valence-electron chi connectivity index (χ4n) is 10.8. The molecule has 288 valence electrons. The molecule has 4 aliphatic heterocycles. The van der Waals surface area contributed by atoms with Gasteiger partial charge in [-0.3, -0.25) is 24.6 Å². The number of fused-ring (bicyclic) bond motifs is 3. The molecule has 3 amide bonds. The fraction of sp³-hybridized carbons (Fsp3) is 0.426. The third kappa shape index (κ3) is 6.24. The summed E-state index contributed by atoms with van der Waals surface area (Å²) in [6, 6.07) is 31.9. The lowest BCUT2D eigenvalue weighted by molar-refractivity contribution is -0.137. The number of hydrogen-bond donors (Lipinski definition) is 2. The summed E-state index contributed by atoms with van der Waals surface area (Å²) in [6.07, 6.45) is 6.84. The van der Waals surface area contributed by atoms with Crippen LogP contribution in [-0.4, -0.2) is 84.5 Å². The van der Waals surface area contributed by atoms with Gasteiger partial charge in [0.1, 0.15) is 11.8 Å². The third-order valence-electron chi connectivity index (χ3n) is 14.0. The molecule has 10 rings (SSSR count). The lowest BCUT2D eigenvalue weighted by Crippen LogP contribution is -2.55. The number of piperazine rings is 1. The van der Waals surface area contributed by atoms with E-state index in [0.29, 0.717) is 29.6 Å².